The van der Waals surface area contributed by atoms with Crippen molar-refractivity contribution in [3.05, 3.63) is 30.3 Å². The van der Waals surface area contributed by atoms with Crippen molar-refractivity contribution in [2.24, 2.45) is 11.8 Å². The van der Waals surface area contributed by atoms with Crippen LogP contribution in [0, 0.1) is 17.7 Å². The van der Waals surface area contributed by atoms with Crippen molar-refractivity contribution >= 4 is 16.7 Å². The zero-order valence-electron chi connectivity index (χ0n) is 11.6. The summed E-state index contributed by atoms with van der Waals surface area (Å²) in [5, 5.41) is 0.821. The van der Waals surface area contributed by atoms with Crippen molar-refractivity contribution in [1.82, 2.24) is 9.97 Å². The van der Waals surface area contributed by atoms with Crippen LogP contribution in [0.5, 0.6) is 0 Å². The lowest BCUT2D eigenvalue weighted by Crippen LogP contribution is -2.36. The van der Waals surface area contributed by atoms with Crippen molar-refractivity contribution in [3.63, 3.8) is 0 Å². The van der Waals surface area contributed by atoms with Crippen LogP contribution in [0.2, 0.25) is 0 Å². The van der Waals surface area contributed by atoms with Gasteiger partial charge in [-0.15, -0.1) is 0 Å². The van der Waals surface area contributed by atoms with E-state index < -0.39 is 0 Å². The lowest BCUT2D eigenvalue weighted by atomic mass is 10.1. The number of hydrogen-bond acceptors (Lipinski definition) is 3. The first-order valence-corrected chi connectivity index (χ1v) is 7.38. The number of hydrogen-bond donors (Lipinski definition) is 0. The fourth-order valence-corrected chi connectivity index (χ4v) is 3.35. The molecular weight excluding hydrogens is 253 g/mol. The van der Waals surface area contributed by atoms with E-state index in [1.165, 1.54) is 38.1 Å². The summed E-state index contributed by atoms with van der Waals surface area (Å²) in [6, 6.07) is 5.68. The molecule has 0 spiro atoms. The number of fused-ring (bicyclic) bond motifs is 1. The van der Waals surface area contributed by atoms with Crippen molar-refractivity contribution in [1.29, 1.82) is 0 Å². The second-order valence-electron chi connectivity index (χ2n) is 6.11. The normalized spacial score (nSPS) is 18.8. The Hall–Kier alpha value is -1.71. The average molecular weight is 271 g/mol. The van der Waals surface area contributed by atoms with Gasteiger partial charge in [0.25, 0.3) is 0 Å². The van der Waals surface area contributed by atoms with Crippen LogP contribution in [0.4, 0.5) is 10.2 Å². The molecule has 1 aromatic carbocycles. The maximum atomic E-state index is 13.9. The summed E-state index contributed by atoms with van der Waals surface area (Å²) in [6.45, 7) is 0. The Morgan fingerprint density at radius 2 is 1.85 bits per heavy atom. The molecule has 1 aromatic heterocycles. The third kappa shape index (κ3) is 1.94. The quantitative estimate of drug-likeness (QED) is 0.853. The molecule has 4 rings (SSSR count). The standard InChI is InChI=1S/C16H18FN3/c1-20(15(10-5-6-10)11-7-8-11)16-12-3-2-4-13(17)14(12)18-9-19-16/h2-4,9-11,15H,5-8H2,1H3. The summed E-state index contributed by atoms with van der Waals surface area (Å²) >= 11 is 0. The molecule has 2 saturated carbocycles. The van der Waals surface area contributed by atoms with Gasteiger partial charge in [0.05, 0.1) is 0 Å². The Labute approximate surface area is 117 Å². The van der Waals surface area contributed by atoms with E-state index in [0.29, 0.717) is 11.6 Å². The van der Waals surface area contributed by atoms with Crippen molar-refractivity contribution in [3.8, 4) is 0 Å². The predicted octanol–water partition coefficient (Wildman–Crippen LogP) is 3.39. The zero-order valence-corrected chi connectivity index (χ0v) is 11.6. The van der Waals surface area contributed by atoms with E-state index in [0.717, 1.165) is 23.0 Å². The van der Waals surface area contributed by atoms with Crippen LogP contribution >= 0.6 is 0 Å². The second kappa shape index (κ2) is 4.40. The number of nitrogens with zero attached hydrogens (tertiary/aromatic N) is 3. The summed E-state index contributed by atoms with van der Waals surface area (Å²) in [7, 11) is 2.11. The Balaban J connectivity index is 1.78. The fourth-order valence-electron chi connectivity index (χ4n) is 3.35. The average Bonchev–Trinajstić information content (AvgIpc) is 3.33. The van der Waals surface area contributed by atoms with E-state index >= 15 is 0 Å². The third-order valence-electron chi connectivity index (χ3n) is 4.59. The number of anilines is 1. The highest BCUT2D eigenvalue weighted by atomic mass is 19.1. The fraction of sp³-hybridized carbons (Fsp3) is 0.500. The Kier molecular flexibility index (Phi) is 2.65. The molecule has 2 aliphatic rings. The Morgan fingerprint density at radius 3 is 2.50 bits per heavy atom. The van der Waals surface area contributed by atoms with Gasteiger partial charge in [0.2, 0.25) is 0 Å². The van der Waals surface area contributed by atoms with Gasteiger partial charge in [-0.25, -0.2) is 14.4 Å². The molecule has 3 nitrogen and oxygen atoms in total. The van der Waals surface area contributed by atoms with Crippen LogP contribution in [0.1, 0.15) is 25.7 Å². The van der Waals surface area contributed by atoms with Gasteiger partial charge in [0, 0.05) is 18.5 Å². The van der Waals surface area contributed by atoms with Gasteiger partial charge >= 0.3 is 0 Å². The largest absolute Gasteiger partial charge is 0.356 e. The highest BCUT2D eigenvalue weighted by Crippen LogP contribution is 2.48. The number of para-hydroxylation sites is 1. The molecule has 1 heterocycles. The smallest absolute Gasteiger partial charge is 0.149 e. The minimum absolute atomic E-state index is 0.269. The Bertz CT molecular complexity index is 637. The van der Waals surface area contributed by atoms with Crippen LogP contribution in [0.15, 0.2) is 24.5 Å². The van der Waals surface area contributed by atoms with Gasteiger partial charge in [-0.2, -0.15) is 0 Å². The molecule has 0 radical (unpaired) electrons. The molecule has 0 unspecified atom stereocenters. The van der Waals surface area contributed by atoms with Gasteiger partial charge < -0.3 is 4.90 Å². The molecular formula is C16H18FN3. The van der Waals surface area contributed by atoms with Crippen molar-refractivity contribution in [2.75, 3.05) is 11.9 Å². The topological polar surface area (TPSA) is 29.0 Å². The minimum Gasteiger partial charge on any atom is -0.356 e. The second-order valence-corrected chi connectivity index (χ2v) is 6.11. The number of halogens is 1. The van der Waals surface area contributed by atoms with E-state index in [4.69, 9.17) is 0 Å². The maximum absolute atomic E-state index is 13.9. The van der Waals surface area contributed by atoms with Gasteiger partial charge in [0.1, 0.15) is 23.5 Å². The summed E-state index contributed by atoms with van der Waals surface area (Å²) in [6.07, 6.45) is 6.77. The van der Waals surface area contributed by atoms with Crippen LogP contribution in [-0.2, 0) is 0 Å². The molecule has 0 N–H and O–H groups in total. The molecule has 2 aliphatic carbocycles. The maximum Gasteiger partial charge on any atom is 0.149 e. The zero-order chi connectivity index (χ0) is 13.7. The van der Waals surface area contributed by atoms with Crippen LogP contribution < -0.4 is 4.90 Å². The molecule has 20 heavy (non-hydrogen) atoms. The number of aromatic nitrogens is 2. The van der Waals surface area contributed by atoms with Gasteiger partial charge in [-0.1, -0.05) is 6.07 Å². The van der Waals surface area contributed by atoms with Gasteiger partial charge in [-0.05, 0) is 49.7 Å². The molecule has 0 saturated heterocycles. The molecule has 0 amide bonds. The van der Waals surface area contributed by atoms with Crippen LogP contribution in [0.25, 0.3) is 10.9 Å². The highest BCUT2D eigenvalue weighted by Gasteiger charge is 2.44. The van der Waals surface area contributed by atoms with E-state index in [1.54, 1.807) is 6.07 Å². The van der Waals surface area contributed by atoms with Crippen molar-refractivity contribution < 1.29 is 4.39 Å². The van der Waals surface area contributed by atoms with E-state index in [1.807, 2.05) is 6.07 Å². The lowest BCUT2D eigenvalue weighted by Gasteiger charge is -2.30. The van der Waals surface area contributed by atoms with E-state index in [9.17, 15) is 4.39 Å². The molecule has 0 bridgehead atoms. The molecule has 104 valence electrons. The summed E-state index contributed by atoms with van der Waals surface area (Å²) < 4.78 is 13.9. The van der Waals surface area contributed by atoms with Crippen molar-refractivity contribution in [2.45, 2.75) is 31.7 Å². The first-order valence-electron chi connectivity index (χ1n) is 7.38. The first kappa shape index (κ1) is 12.1. The van der Waals surface area contributed by atoms with E-state index in [-0.39, 0.29) is 5.82 Å². The van der Waals surface area contributed by atoms with Crippen LogP contribution in [0.3, 0.4) is 0 Å². The predicted molar refractivity (Wildman–Crippen MR) is 77.1 cm³/mol. The SMILES string of the molecule is CN(c1ncnc2c(F)cccc12)C(C1CC1)C1CC1. The molecule has 2 fully saturated rings. The minimum atomic E-state index is -0.269. The monoisotopic (exact) mass is 271 g/mol. The first-order chi connectivity index (χ1) is 9.75. The highest BCUT2D eigenvalue weighted by molar-refractivity contribution is 5.89. The number of rotatable bonds is 4. The third-order valence-corrected chi connectivity index (χ3v) is 4.59. The molecule has 4 heteroatoms. The van der Waals surface area contributed by atoms with E-state index in [2.05, 4.69) is 21.9 Å². The summed E-state index contributed by atoms with van der Waals surface area (Å²) in [5.41, 5.74) is 0.426. The Morgan fingerprint density at radius 1 is 1.15 bits per heavy atom. The number of benzene rings is 1. The van der Waals surface area contributed by atoms with Crippen LogP contribution in [-0.4, -0.2) is 23.1 Å². The van der Waals surface area contributed by atoms with Gasteiger partial charge in [-0.3, -0.25) is 0 Å². The lowest BCUT2D eigenvalue weighted by molar-refractivity contribution is 0.501. The molecule has 2 aromatic rings. The summed E-state index contributed by atoms with van der Waals surface area (Å²) in [5.74, 6) is 2.20. The summed E-state index contributed by atoms with van der Waals surface area (Å²) in [4.78, 5) is 10.8. The van der Waals surface area contributed by atoms with Gasteiger partial charge in [0.15, 0.2) is 0 Å². The molecule has 0 atom stereocenters. The molecule has 0 aliphatic heterocycles.